The van der Waals surface area contributed by atoms with Crippen molar-refractivity contribution in [3.8, 4) is 0 Å². The molecule has 6 nitrogen and oxygen atoms in total. The van der Waals surface area contributed by atoms with Crippen molar-refractivity contribution in [3.05, 3.63) is 35.4 Å². The summed E-state index contributed by atoms with van der Waals surface area (Å²) in [7, 11) is 3.57. The summed E-state index contributed by atoms with van der Waals surface area (Å²) in [5, 5.41) is 5.98. The molecule has 24 heavy (non-hydrogen) atoms. The third-order valence-corrected chi connectivity index (χ3v) is 3.37. The molecule has 0 aromatic heterocycles. The van der Waals surface area contributed by atoms with Crippen molar-refractivity contribution in [2.75, 3.05) is 40.4 Å². The molecular weight excluding hydrogens is 419 g/mol. The molecule has 1 aromatic rings. The van der Waals surface area contributed by atoms with E-state index in [9.17, 15) is 4.79 Å². The van der Waals surface area contributed by atoms with Crippen molar-refractivity contribution in [3.63, 3.8) is 0 Å². The smallest absolute Gasteiger partial charge is 0.241 e. The van der Waals surface area contributed by atoms with E-state index < -0.39 is 0 Å². The van der Waals surface area contributed by atoms with Crippen LogP contribution in [0, 0.1) is 6.92 Å². The number of guanidine groups is 1. The number of nitrogens with one attached hydrogen (secondary N) is 2. The Labute approximate surface area is 162 Å². The molecule has 0 atom stereocenters. The Kier molecular flexibility index (Phi) is 12.3. The number of carbonyl (C=O) groups excluding carboxylic acids is 1. The third kappa shape index (κ3) is 8.49. The van der Waals surface area contributed by atoms with Gasteiger partial charge in [0.05, 0.1) is 6.61 Å². The zero-order valence-electron chi connectivity index (χ0n) is 15.0. The average molecular weight is 448 g/mol. The van der Waals surface area contributed by atoms with E-state index in [2.05, 4.69) is 34.7 Å². The zero-order valence-corrected chi connectivity index (χ0v) is 17.3. The predicted molar refractivity (Wildman–Crippen MR) is 109 cm³/mol. The Morgan fingerprint density at radius 3 is 2.62 bits per heavy atom. The minimum Gasteiger partial charge on any atom is -0.383 e. The van der Waals surface area contributed by atoms with E-state index in [1.165, 1.54) is 11.1 Å². The second kappa shape index (κ2) is 13.0. The van der Waals surface area contributed by atoms with Crippen LogP contribution in [0.5, 0.6) is 0 Å². The highest BCUT2D eigenvalue weighted by Crippen LogP contribution is 2.09. The minimum absolute atomic E-state index is 0. The number of methoxy groups -OCH3 is 1. The highest BCUT2D eigenvalue weighted by molar-refractivity contribution is 14.0. The molecule has 0 heterocycles. The second-order valence-corrected chi connectivity index (χ2v) is 5.30. The first kappa shape index (κ1) is 22.6. The first-order valence-electron chi connectivity index (χ1n) is 7.88. The van der Waals surface area contributed by atoms with Gasteiger partial charge in [-0.2, -0.15) is 0 Å². The number of nitrogens with zero attached hydrogens (tertiary/aromatic N) is 2. The second-order valence-electron chi connectivity index (χ2n) is 5.30. The standard InChI is InChI=1S/C17H28N4O2.HI/c1-5-18-17(20-12-16(22)19-10-11-23-4)21(3)13-15-9-7-6-8-14(15)2;/h6-9H,5,10-13H2,1-4H3,(H,18,20)(H,19,22);1H. The van der Waals surface area contributed by atoms with E-state index in [1.54, 1.807) is 7.11 Å². The molecule has 0 bridgehead atoms. The first-order chi connectivity index (χ1) is 11.1. The van der Waals surface area contributed by atoms with Gasteiger partial charge in [-0.05, 0) is 25.0 Å². The molecule has 1 aromatic carbocycles. The van der Waals surface area contributed by atoms with Crippen LogP contribution in [0.3, 0.4) is 0 Å². The molecule has 7 heteroatoms. The van der Waals surface area contributed by atoms with Crippen molar-refractivity contribution in [1.82, 2.24) is 15.5 Å². The minimum atomic E-state index is -0.109. The Hall–Kier alpha value is -1.35. The van der Waals surface area contributed by atoms with Gasteiger partial charge in [-0.1, -0.05) is 24.3 Å². The van der Waals surface area contributed by atoms with Gasteiger partial charge >= 0.3 is 0 Å². The molecule has 1 amide bonds. The quantitative estimate of drug-likeness (QED) is 0.276. The van der Waals surface area contributed by atoms with Crippen LogP contribution in [-0.4, -0.2) is 57.2 Å². The number of hydrogen-bond acceptors (Lipinski definition) is 3. The number of hydrogen-bond donors (Lipinski definition) is 2. The Morgan fingerprint density at radius 1 is 1.29 bits per heavy atom. The molecule has 0 fully saturated rings. The van der Waals surface area contributed by atoms with Gasteiger partial charge in [0.1, 0.15) is 6.54 Å². The monoisotopic (exact) mass is 448 g/mol. The van der Waals surface area contributed by atoms with E-state index in [1.807, 2.05) is 31.0 Å². The third-order valence-electron chi connectivity index (χ3n) is 3.37. The molecule has 0 saturated heterocycles. The van der Waals surface area contributed by atoms with Crippen LogP contribution in [0.4, 0.5) is 0 Å². The lowest BCUT2D eigenvalue weighted by atomic mass is 10.1. The molecule has 0 spiro atoms. The van der Waals surface area contributed by atoms with E-state index in [0.717, 1.165) is 19.0 Å². The number of aliphatic imine (C=N–C) groups is 1. The van der Waals surface area contributed by atoms with Crippen LogP contribution in [0.25, 0.3) is 0 Å². The molecule has 136 valence electrons. The normalized spacial score (nSPS) is 10.8. The van der Waals surface area contributed by atoms with Gasteiger partial charge in [0.2, 0.25) is 5.91 Å². The zero-order chi connectivity index (χ0) is 17.1. The number of halogens is 1. The summed E-state index contributed by atoms with van der Waals surface area (Å²) in [6.45, 7) is 6.70. The summed E-state index contributed by atoms with van der Waals surface area (Å²) in [4.78, 5) is 18.2. The number of aryl methyl sites for hydroxylation is 1. The fourth-order valence-corrected chi connectivity index (χ4v) is 2.08. The number of carbonyl (C=O) groups is 1. The van der Waals surface area contributed by atoms with Crippen LogP contribution in [-0.2, 0) is 16.1 Å². The van der Waals surface area contributed by atoms with Gasteiger partial charge in [0, 0.05) is 33.8 Å². The van der Waals surface area contributed by atoms with Gasteiger partial charge in [-0.15, -0.1) is 24.0 Å². The number of amides is 1. The predicted octanol–water partition coefficient (Wildman–Crippen LogP) is 1.77. The van der Waals surface area contributed by atoms with E-state index in [4.69, 9.17) is 4.74 Å². The summed E-state index contributed by atoms with van der Waals surface area (Å²) in [5.74, 6) is 0.611. The van der Waals surface area contributed by atoms with Gasteiger partial charge in [-0.3, -0.25) is 4.79 Å². The van der Waals surface area contributed by atoms with E-state index in [0.29, 0.717) is 13.2 Å². The van der Waals surface area contributed by atoms with Crippen molar-refractivity contribution >= 4 is 35.8 Å². The Bertz CT molecular complexity index is 523. The molecule has 0 saturated carbocycles. The van der Waals surface area contributed by atoms with E-state index >= 15 is 0 Å². The summed E-state index contributed by atoms with van der Waals surface area (Å²) in [5.41, 5.74) is 2.48. The number of rotatable bonds is 8. The highest BCUT2D eigenvalue weighted by atomic mass is 127. The maximum absolute atomic E-state index is 11.7. The van der Waals surface area contributed by atoms with Crippen LogP contribution >= 0.6 is 24.0 Å². The van der Waals surface area contributed by atoms with Gasteiger partial charge in [0.25, 0.3) is 0 Å². The molecular formula is C17H29IN4O2. The molecule has 0 radical (unpaired) electrons. The molecule has 0 aliphatic heterocycles. The summed E-state index contributed by atoms with van der Waals surface area (Å²) < 4.78 is 4.90. The molecule has 0 aliphatic rings. The van der Waals surface area contributed by atoms with Gasteiger partial charge < -0.3 is 20.3 Å². The Balaban J connectivity index is 0.00000529. The fourth-order valence-electron chi connectivity index (χ4n) is 2.08. The largest absolute Gasteiger partial charge is 0.383 e. The lowest BCUT2D eigenvalue weighted by molar-refractivity contribution is -0.119. The Morgan fingerprint density at radius 2 is 2.00 bits per heavy atom. The van der Waals surface area contributed by atoms with Crippen LogP contribution in [0.2, 0.25) is 0 Å². The van der Waals surface area contributed by atoms with Crippen molar-refractivity contribution < 1.29 is 9.53 Å². The number of benzene rings is 1. The van der Waals surface area contributed by atoms with Crippen molar-refractivity contribution in [2.24, 2.45) is 4.99 Å². The maximum atomic E-state index is 11.7. The van der Waals surface area contributed by atoms with Crippen LogP contribution < -0.4 is 10.6 Å². The molecule has 2 N–H and O–H groups in total. The summed E-state index contributed by atoms with van der Waals surface area (Å²) >= 11 is 0. The maximum Gasteiger partial charge on any atom is 0.241 e. The average Bonchev–Trinajstić information content (AvgIpc) is 2.53. The molecule has 1 rings (SSSR count). The van der Waals surface area contributed by atoms with Gasteiger partial charge in [0.15, 0.2) is 5.96 Å². The van der Waals surface area contributed by atoms with Crippen LogP contribution in [0.15, 0.2) is 29.3 Å². The lowest BCUT2D eigenvalue weighted by Gasteiger charge is -2.23. The lowest BCUT2D eigenvalue weighted by Crippen LogP contribution is -2.39. The molecule has 0 aliphatic carbocycles. The van der Waals surface area contributed by atoms with E-state index in [-0.39, 0.29) is 36.4 Å². The number of ether oxygens (including phenoxy) is 1. The van der Waals surface area contributed by atoms with Crippen LogP contribution in [0.1, 0.15) is 18.1 Å². The van der Waals surface area contributed by atoms with Crippen molar-refractivity contribution in [1.29, 1.82) is 0 Å². The summed E-state index contributed by atoms with van der Waals surface area (Å²) in [6.07, 6.45) is 0. The summed E-state index contributed by atoms with van der Waals surface area (Å²) in [6, 6.07) is 8.26. The first-order valence-corrected chi connectivity index (χ1v) is 7.88. The van der Waals surface area contributed by atoms with Gasteiger partial charge in [-0.25, -0.2) is 4.99 Å². The SMILES string of the molecule is CCNC(=NCC(=O)NCCOC)N(C)Cc1ccccc1C.I. The fraction of sp³-hybridized carbons (Fsp3) is 0.529. The van der Waals surface area contributed by atoms with Crippen molar-refractivity contribution in [2.45, 2.75) is 20.4 Å². The highest BCUT2D eigenvalue weighted by Gasteiger charge is 2.09. The molecule has 0 unspecified atom stereocenters. The topological polar surface area (TPSA) is 66.0 Å².